The van der Waals surface area contributed by atoms with Crippen LogP contribution in [0.4, 0.5) is 4.79 Å². The van der Waals surface area contributed by atoms with Gasteiger partial charge in [0.1, 0.15) is 11.5 Å². The minimum atomic E-state index is -0.117. The number of rotatable bonds is 5. The maximum Gasteiger partial charge on any atom is 0.315 e. The summed E-state index contributed by atoms with van der Waals surface area (Å²) < 4.78 is 10.7. The Morgan fingerprint density at radius 2 is 1.82 bits per heavy atom. The fourth-order valence-corrected chi connectivity index (χ4v) is 2.91. The lowest BCUT2D eigenvalue weighted by Gasteiger charge is -2.23. The van der Waals surface area contributed by atoms with E-state index < -0.39 is 0 Å². The smallest absolute Gasteiger partial charge is 0.315 e. The Morgan fingerprint density at radius 3 is 2.45 bits per heavy atom. The fraction of sp³-hybridized carbons (Fsp3) is 0.588. The van der Waals surface area contributed by atoms with E-state index in [1.807, 2.05) is 19.1 Å². The van der Waals surface area contributed by atoms with Gasteiger partial charge in [-0.1, -0.05) is 19.3 Å². The average molecular weight is 306 g/mol. The number of hydrogen-bond acceptors (Lipinski definition) is 3. The minimum Gasteiger partial charge on any atom is -0.496 e. The summed E-state index contributed by atoms with van der Waals surface area (Å²) in [6.07, 6.45) is 5.84. The Bertz CT molecular complexity index is 511. The Balaban J connectivity index is 1.93. The molecular formula is C17H26N2O3. The van der Waals surface area contributed by atoms with Gasteiger partial charge < -0.3 is 20.1 Å². The van der Waals surface area contributed by atoms with E-state index in [4.69, 9.17) is 9.47 Å². The molecule has 1 aliphatic carbocycles. The molecule has 1 aliphatic rings. The number of hydrogen-bond donors (Lipinski definition) is 2. The molecule has 2 amide bonds. The van der Waals surface area contributed by atoms with Crippen LogP contribution in [0.3, 0.4) is 0 Å². The number of aryl methyl sites for hydroxylation is 1. The lowest BCUT2D eigenvalue weighted by molar-refractivity contribution is 0.232. The normalized spacial score (nSPS) is 15.2. The SMILES string of the molecule is COc1cc(CNC(=O)NC2CCCCC2)c(OC)cc1C. The van der Waals surface area contributed by atoms with Gasteiger partial charge in [0.05, 0.1) is 14.2 Å². The molecule has 1 fully saturated rings. The fourth-order valence-electron chi connectivity index (χ4n) is 2.91. The highest BCUT2D eigenvalue weighted by Gasteiger charge is 2.16. The van der Waals surface area contributed by atoms with Crippen molar-refractivity contribution in [2.75, 3.05) is 14.2 Å². The molecule has 1 aromatic carbocycles. The summed E-state index contributed by atoms with van der Waals surface area (Å²) in [5.41, 5.74) is 1.92. The maximum atomic E-state index is 12.0. The van der Waals surface area contributed by atoms with E-state index in [9.17, 15) is 4.79 Å². The molecule has 0 spiro atoms. The van der Waals surface area contributed by atoms with E-state index in [1.54, 1.807) is 14.2 Å². The van der Waals surface area contributed by atoms with Crippen molar-refractivity contribution in [1.82, 2.24) is 10.6 Å². The second-order valence-electron chi connectivity index (χ2n) is 5.80. The number of urea groups is 1. The lowest BCUT2D eigenvalue weighted by Crippen LogP contribution is -2.42. The zero-order chi connectivity index (χ0) is 15.9. The molecule has 122 valence electrons. The highest BCUT2D eigenvalue weighted by Crippen LogP contribution is 2.28. The summed E-state index contributed by atoms with van der Waals surface area (Å²) in [4.78, 5) is 12.0. The standard InChI is InChI=1S/C17H26N2O3/c1-12-9-16(22-3)13(10-15(12)21-2)11-18-17(20)19-14-7-5-4-6-8-14/h9-10,14H,4-8,11H2,1-3H3,(H2,18,19,20). The summed E-state index contributed by atoms with van der Waals surface area (Å²) in [7, 11) is 3.27. The number of nitrogens with one attached hydrogen (secondary N) is 2. The van der Waals surface area contributed by atoms with Gasteiger partial charge in [0.25, 0.3) is 0 Å². The Morgan fingerprint density at radius 1 is 1.14 bits per heavy atom. The largest absolute Gasteiger partial charge is 0.496 e. The van der Waals surface area contributed by atoms with Gasteiger partial charge >= 0.3 is 6.03 Å². The summed E-state index contributed by atoms with van der Waals surface area (Å²) in [5, 5.41) is 5.95. The van der Waals surface area contributed by atoms with Crippen LogP contribution in [-0.4, -0.2) is 26.3 Å². The molecule has 2 N–H and O–H groups in total. The molecule has 0 aliphatic heterocycles. The van der Waals surface area contributed by atoms with E-state index in [1.165, 1.54) is 19.3 Å². The van der Waals surface area contributed by atoms with Gasteiger partial charge in [-0.05, 0) is 37.5 Å². The summed E-state index contributed by atoms with van der Waals surface area (Å²) in [6, 6.07) is 4.03. The van der Waals surface area contributed by atoms with Crippen LogP contribution >= 0.6 is 0 Å². The van der Waals surface area contributed by atoms with Gasteiger partial charge in [-0.3, -0.25) is 0 Å². The first-order valence-electron chi connectivity index (χ1n) is 7.90. The van der Waals surface area contributed by atoms with Crippen molar-refractivity contribution in [2.45, 2.75) is 51.6 Å². The quantitative estimate of drug-likeness (QED) is 0.878. The molecule has 0 unspecified atom stereocenters. The van der Waals surface area contributed by atoms with Gasteiger partial charge in [-0.2, -0.15) is 0 Å². The number of carbonyl (C=O) groups is 1. The molecule has 0 aromatic heterocycles. The number of ether oxygens (including phenoxy) is 2. The van der Waals surface area contributed by atoms with Crippen LogP contribution in [0.2, 0.25) is 0 Å². The Kier molecular flexibility index (Phi) is 5.92. The molecule has 5 nitrogen and oxygen atoms in total. The third kappa shape index (κ3) is 4.29. The summed E-state index contributed by atoms with van der Waals surface area (Å²) >= 11 is 0. The molecule has 22 heavy (non-hydrogen) atoms. The predicted molar refractivity (Wildman–Crippen MR) is 86.5 cm³/mol. The van der Waals surface area contributed by atoms with Crippen molar-refractivity contribution in [2.24, 2.45) is 0 Å². The van der Waals surface area contributed by atoms with Crippen LogP contribution in [0.5, 0.6) is 11.5 Å². The van der Waals surface area contributed by atoms with E-state index in [0.717, 1.165) is 35.5 Å². The number of benzene rings is 1. The van der Waals surface area contributed by atoms with Crippen LogP contribution in [0.15, 0.2) is 12.1 Å². The molecular weight excluding hydrogens is 280 g/mol. The van der Waals surface area contributed by atoms with Gasteiger partial charge in [0.2, 0.25) is 0 Å². The van der Waals surface area contributed by atoms with Crippen molar-refractivity contribution in [1.29, 1.82) is 0 Å². The molecule has 5 heteroatoms. The van der Waals surface area contributed by atoms with E-state index in [2.05, 4.69) is 10.6 Å². The Hall–Kier alpha value is -1.91. The molecule has 0 radical (unpaired) electrons. The van der Waals surface area contributed by atoms with Crippen LogP contribution in [0.25, 0.3) is 0 Å². The highest BCUT2D eigenvalue weighted by molar-refractivity contribution is 5.74. The predicted octanol–water partition coefficient (Wildman–Crippen LogP) is 3.14. The second kappa shape index (κ2) is 7.92. The van der Waals surface area contributed by atoms with Gasteiger partial charge in [0, 0.05) is 18.2 Å². The number of methoxy groups -OCH3 is 2. The number of amides is 2. The van der Waals surface area contributed by atoms with Gasteiger partial charge in [-0.15, -0.1) is 0 Å². The number of carbonyl (C=O) groups excluding carboxylic acids is 1. The maximum absolute atomic E-state index is 12.0. The molecule has 0 atom stereocenters. The molecule has 0 bridgehead atoms. The third-order valence-electron chi connectivity index (χ3n) is 4.18. The van der Waals surface area contributed by atoms with Crippen molar-refractivity contribution in [3.05, 3.63) is 23.3 Å². The lowest BCUT2D eigenvalue weighted by atomic mass is 9.96. The highest BCUT2D eigenvalue weighted by atomic mass is 16.5. The van der Waals surface area contributed by atoms with Crippen molar-refractivity contribution < 1.29 is 14.3 Å². The van der Waals surface area contributed by atoms with Crippen molar-refractivity contribution >= 4 is 6.03 Å². The first-order chi connectivity index (χ1) is 10.6. The van der Waals surface area contributed by atoms with E-state index >= 15 is 0 Å². The third-order valence-corrected chi connectivity index (χ3v) is 4.18. The van der Waals surface area contributed by atoms with Crippen LogP contribution in [0.1, 0.15) is 43.2 Å². The van der Waals surface area contributed by atoms with Crippen LogP contribution < -0.4 is 20.1 Å². The average Bonchev–Trinajstić information content (AvgIpc) is 2.54. The second-order valence-corrected chi connectivity index (χ2v) is 5.80. The molecule has 2 rings (SSSR count). The topological polar surface area (TPSA) is 59.6 Å². The molecule has 1 saturated carbocycles. The van der Waals surface area contributed by atoms with Crippen molar-refractivity contribution in [3.8, 4) is 11.5 Å². The zero-order valence-corrected chi connectivity index (χ0v) is 13.7. The zero-order valence-electron chi connectivity index (χ0n) is 13.7. The summed E-state index contributed by atoms with van der Waals surface area (Å²) in [5.74, 6) is 1.56. The molecule has 0 heterocycles. The Labute approximate surface area is 132 Å². The molecule has 0 saturated heterocycles. The van der Waals surface area contributed by atoms with E-state index in [-0.39, 0.29) is 6.03 Å². The summed E-state index contributed by atoms with van der Waals surface area (Å²) in [6.45, 7) is 2.38. The van der Waals surface area contributed by atoms with Gasteiger partial charge in [-0.25, -0.2) is 4.79 Å². The van der Waals surface area contributed by atoms with Crippen LogP contribution in [0, 0.1) is 6.92 Å². The molecule has 1 aromatic rings. The monoisotopic (exact) mass is 306 g/mol. The van der Waals surface area contributed by atoms with Crippen LogP contribution in [-0.2, 0) is 6.54 Å². The first-order valence-corrected chi connectivity index (χ1v) is 7.90. The van der Waals surface area contributed by atoms with E-state index in [0.29, 0.717) is 12.6 Å². The van der Waals surface area contributed by atoms with Gasteiger partial charge in [0.15, 0.2) is 0 Å². The first kappa shape index (κ1) is 16.5. The minimum absolute atomic E-state index is 0.117. The van der Waals surface area contributed by atoms with Crippen molar-refractivity contribution in [3.63, 3.8) is 0 Å².